The summed E-state index contributed by atoms with van der Waals surface area (Å²) in [6.07, 6.45) is 4.08. The number of rotatable bonds is 3. The van der Waals surface area contributed by atoms with Gasteiger partial charge in [-0.2, -0.15) is 0 Å². The zero-order chi connectivity index (χ0) is 7.70. The van der Waals surface area contributed by atoms with E-state index in [1.807, 2.05) is 0 Å². The molecular formula is C8H21N. The van der Waals surface area contributed by atoms with Gasteiger partial charge in [0, 0.05) is 0 Å². The predicted octanol–water partition coefficient (Wildman–Crippen LogP) is 2.41. The van der Waals surface area contributed by atoms with Gasteiger partial charge in [0.2, 0.25) is 0 Å². The van der Waals surface area contributed by atoms with Crippen molar-refractivity contribution in [2.45, 2.75) is 40.0 Å². The third kappa shape index (κ3) is 11.5. The summed E-state index contributed by atoms with van der Waals surface area (Å²) < 4.78 is 0. The lowest BCUT2D eigenvalue weighted by Crippen LogP contribution is -1.88. The zero-order valence-electron chi connectivity index (χ0n) is 7.28. The van der Waals surface area contributed by atoms with Crippen LogP contribution in [0.3, 0.4) is 0 Å². The smallest absolute Gasteiger partial charge is 0.0195 e. The molecule has 1 nitrogen and oxygen atoms in total. The summed E-state index contributed by atoms with van der Waals surface area (Å²) in [5, 5.41) is 0. The van der Waals surface area contributed by atoms with Crippen LogP contribution in [-0.2, 0) is 0 Å². The molecule has 0 aromatic rings. The first-order valence-electron chi connectivity index (χ1n) is 3.89. The summed E-state index contributed by atoms with van der Waals surface area (Å²) >= 11 is 0. The van der Waals surface area contributed by atoms with E-state index in [9.17, 15) is 0 Å². The van der Waals surface area contributed by atoms with Gasteiger partial charge in [-0.3, -0.25) is 0 Å². The van der Waals surface area contributed by atoms with Crippen molar-refractivity contribution >= 4 is 0 Å². The van der Waals surface area contributed by atoms with Crippen LogP contribution in [0, 0.1) is 5.92 Å². The fourth-order valence-corrected chi connectivity index (χ4v) is 0.697. The largest absolute Gasteiger partial charge is 0.333 e. The van der Waals surface area contributed by atoms with E-state index in [0.29, 0.717) is 0 Å². The maximum absolute atomic E-state index is 4.50. The van der Waals surface area contributed by atoms with E-state index in [0.717, 1.165) is 5.92 Å². The van der Waals surface area contributed by atoms with Crippen LogP contribution in [-0.4, -0.2) is 7.05 Å². The van der Waals surface area contributed by atoms with E-state index in [4.69, 9.17) is 0 Å². The minimum Gasteiger partial charge on any atom is -0.333 e. The topological polar surface area (TPSA) is 26.0 Å². The second-order valence-electron chi connectivity index (χ2n) is 2.30. The summed E-state index contributed by atoms with van der Waals surface area (Å²) in [5.41, 5.74) is 4.50. The highest BCUT2D eigenvalue weighted by molar-refractivity contribution is 4.45. The van der Waals surface area contributed by atoms with E-state index >= 15 is 0 Å². The minimum absolute atomic E-state index is 0.949. The first-order chi connectivity index (χ1) is 4.31. The molecule has 0 aliphatic carbocycles. The van der Waals surface area contributed by atoms with Crippen LogP contribution in [0.2, 0.25) is 0 Å². The fourth-order valence-electron chi connectivity index (χ4n) is 0.697. The lowest BCUT2D eigenvalue weighted by atomic mass is 10.0. The van der Waals surface area contributed by atoms with Gasteiger partial charge in [-0.1, -0.05) is 40.0 Å². The summed E-state index contributed by atoms with van der Waals surface area (Å²) in [4.78, 5) is 0. The van der Waals surface area contributed by atoms with Crippen molar-refractivity contribution in [1.82, 2.24) is 0 Å². The van der Waals surface area contributed by atoms with E-state index < -0.39 is 0 Å². The molecule has 0 heterocycles. The zero-order valence-corrected chi connectivity index (χ0v) is 7.28. The molecule has 9 heavy (non-hydrogen) atoms. The van der Waals surface area contributed by atoms with Crippen LogP contribution in [0.15, 0.2) is 0 Å². The number of hydrogen-bond donors (Lipinski definition) is 1. The Morgan fingerprint density at radius 3 is 1.78 bits per heavy atom. The molecule has 1 atom stereocenters. The van der Waals surface area contributed by atoms with Gasteiger partial charge >= 0.3 is 0 Å². The van der Waals surface area contributed by atoms with E-state index in [1.165, 1.54) is 26.3 Å². The maximum Gasteiger partial charge on any atom is -0.0195 e. The van der Waals surface area contributed by atoms with Crippen molar-refractivity contribution < 1.29 is 0 Å². The minimum atomic E-state index is 0.949. The summed E-state index contributed by atoms with van der Waals surface area (Å²) in [6, 6.07) is 0. The molecule has 0 rings (SSSR count). The molecule has 0 saturated carbocycles. The molecular weight excluding hydrogens is 110 g/mol. The highest BCUT2D eigenvalue weighted by atomic mass is 14.4. The Balaban J connectivity index is 0. The van der Waals surface area contributed by atoms with E-state index in [2.05, 4.69) is 26.5 Å². The molecule has 0 saturated heterocycles. The molecule has 1 heteroatoms. The third-order valence-corrected chi connectivity index (χ3v) is 1.48. The Morgan fingerprint density at radius 1 is 1.22 bits per heavy atom. The molecule has 0 aromatic heterocycles. The van der Waals surface area contributed by atoms with Gasteiger partial charge in [-0.05, 0) is 13.0 Å². The average Bonchev–Trinajstić information content (AvgIpc) is 1.93. The second kappa shape index (κ2) is 10.9. The molecule has 0 aliphatic heterocycles. The van der Waals surface area contributed by atoms with Crippen LogP contribution in [0.1, 0.15) is 40.0 Å². The van der Waals surface area contributed by atoms with Crippen molar-refractivity contribution in [2.24, 2.45) is 11.7 Å². The molecule has 1 unspecified atom stereocenters. The fraction of sp³-hybridized carbons (Fsp3) is 1.00. The van der Waals surface area contributed by atoms with Gasteiger partial charge in [-0.25, -0.2) is 0 Å². The summed E-state index contributed by atoms with van der Waals surface area (Å²) in [6.45, 7) is 6.80. The molecule has 0 bridgehead atoms. The van der Waals surface area contributed by atoms with Crippen molar-refractivity contribution in [3.8, 4) is 0 Å². The Labute approximate surface area is 59.6 Å². The van der Waals surface area contributed by atoms with Crippen LogP contribution in [0.5, 0.6) is 0 Å². The molecule has 2 N–H and O–H groups in total. The highest BCUT2D eigenvalue weighted by Gasteiger charge is 1.92. The van der Waals surface area contributed by atoms with Gasteiger partial charge < -0.3 is 5.73 Å². The predicted molar refractivity (Wildman–Crippen MR) is 44.5 cm³/mol. The first-order valence-corrected chi connectivity index (χ1v) is 3.89. The van der Waals surface area contributed by atoms with Crippen molar-refractivity contribution in [3.63, 3.8) is 0 Å². The van der Waals surface area contributed by atoms with Gasteiger partial charge in [-0.15, -0.1) is 0 Å². The molecule has 0 fully saturated rings. The lowest BCUT2D eigenvalue weighted by Gasteiger charge is -2.02. The Hall–Kier alpha value is -0.0400. The third-order valence-electron chi connectivity index (χ3n) is 1.48. The monoisotopic (exact) mass is 131 g/mol. The standard InChI is InChI=1S/C7H16.CH5N/c1-4-6-7(3)5-2;1-2/h7H,4-6H2,1-3H3;2H2,1H3. The van der Waals surface area contributed by atoms with Crippen molar-refractivity contribution in [3.05, 3.63) is 0 Å². The van der Waals surface area contributed by atoms with Crippen molar-refractivity contribution in [2.75, 3.05) is 7.05 Å². The van der Waals surface area contributed by atoms with E-state index in [-0.39, 0.29) is 0 Å². The lowest BCUT2D eigenvalue weighted by molar-refractivity contribution is 0.509. The highest BCUT2D eigenvalue weighted by Crippen LogP contribution is 2.07. The molecule has 58 valence electrons. The molecule has 0 spiro atoms. The van der Waals surface area contributed by atoms with Gasteiger partial charge in [0.25, 0.3) is 0 Å². The molecule has 0 aliphatic rings. The van der Waals surface area contributed by atoms with Crippen LogP contribution in [0.4, 0.5) is 0 Å². The van der Waals surface area contributed by atoms with Gasteiger partial charge in [0.15, 0.2) is 0 Å². The normalized spacial score (nSPS) is 11.7. The van der Waals surface area contributed by atoms with Crippen LogP contribution >= 0.6 is 0 Å². The molecule has 0 amide bonds. The van der Waals surface area contributed by atoms with Gasteiger partial charge in [0.05, 0.1) is 0 Å². The molecule has 0 radical (unpaired) electrons. The number of nitrogens with two attached hydrogens (primary N) is 1. The summed E-state index contributed by atoms with van der Waals surface area (Å²) in [7, 11) is 1.50. The maximum atomic E-state index is 4.50. The SMILES string of the molecule is CCCC(C)CC.CN. The van der Waals surface area contributed by atoms with E-state index in [1.54, 1.807) is 0 Å². The Bertz CT molecular complexity index is 35.5. The number of hydrogen-bond acceptors (Lipinski definition) is 1. The van der Waals surface area contributed by atoms with Gasteiger partial charge in [0.1, 0.15) is 0 Å². The summed E-state index contributed by atoms with van der Waals surface area (Å²) in [5.74, 6) is 0.949. The Morgan fingerprint density at radius 2 is 1.67 bits per heavy atom. The second-order valence-corrected chi connectivity index (χ2v) is 2.30. The van der Waals surface area contributed by atoms with Crippen molar-refractivity contribution in [1.29, 1.82) is 0 Å². The Kier molecular flexibility index (Phi) is 14.1. The molecule has 0 aromatic carbocycles. The van der Waals surface area contributed by atoms with Crippen LogP contribution < -0.4 is 5.73 Å². The average molecular weight is 131 g/mol. The quantitative estimate of drug-likeness (QED) is 0.625. The van der Waals surface area contributed by atoms with Crippen LogP contribution in [0.25, 0.3) is 0 Å². The first kappa shape index (κ1) is 11.7.